The smallest absolute Gasteiger partial charge is 0.331 e. The average Bonchev–Trinajstić information content (AvgIpc) is 3.50. The molecular formula is C39H44N2O4S. The molecule has 0 bridgehead atoms. The number of rotatable bonds is 12. The summed E-state index contributed by atoms with van der Waals surface area (Å²) in [5, 5.41) is 10.0. The van der Waals surface area contributed by atoms with E-state index in [1.165, 1.54) is 32.1 Å². The third kappa shape index (κ3) is 10.9. The van der Waals surface area contributed by atoms with E-state index in [1.54, 1.807) is 24.3 Å². The molecule has 5 rings (SSSR count). The molecule has 1 aliphatic rings. The van der Waals surface area contributed by atoms with Crippen molar-refractivity contribution in [1.29, 1.82) is 0 Å². The number of carbonyl (C=O) groups excluding carboxylic acids is 1. The van der Waals surface area contributed by atoms with Crippen LogP contribution in [0.3, 0.4) is 0 Å². The minimum Gasteiger partial charge on any atom is -0.489 e. The zero-order valence-electron chi connectivity index (χ0n) is 26.7. The van der Waals surface area contributed by atoms with Gasteiger partial charge < -0.3 is 20.4 Å². The van der Waals surface area contributed by atoms with Crippen molar-refractivity contribution >= 4 is 29.7 Å². The highest BCUT2D eigenvalue weighted by atomic mass is 32.1. The maximum Gasteiger partial charge on any atom is 0.331 e. The van der Waals surface area contributed by atoms with Gasteiger partial charge >= 0.3 is 5.97 Å². The lowest BCUT2D eigenvalue weighted by Crippen LogP contribution is -2.13. The number of carboxylic acid groups (broad SMARTS) is 1. The third-order valence-electron chi connectivity index (χ3n) is 7.95. The predicted molar refractivity (Wildman–Crippen MR) is 188 cm³/mol. The van der Waals surface area contributed by atoms with Crippen LogP contribution < -0.4 is 10.5 Å². The number of nitrogens with two attached hydrogens (primary N) is 1. The highest BCUT2D eigenvalue weighted by Gasteiger charge is 2.17. The van der Waals surface area contributed by atoms with E-state index in [2.05, 4.69) is 0 Å². The van der Waals surface area contributed by atoms with Gasteiger partial charge in [-0.25, -0.2) is 9.78 Å². The van der Waals surface area contributed by atoms with Gasteiger partial charge in [-0.1, -0.05) is 105 Å². The van der Waals surface area contributed by atoms with Crippen LogP contribution >= 0.6 is 11.3 Å². The first-order valence-electron chi connectivity index (χ1n) is 15.9. The summed E-state index contributed by atoms with van der Waals surface area (Å²) in [5.74, 6) is 0.610. The summed E-state index contributed by atoms with van der Waals surface area (Å²) in [4.78, 5) is 27.2. The first-order chi connectivity index (χ1) is 22.3. The lowest BCUT2D eigenvalue weighted by molar-refractivity contribution is -0.132. The van der Waals surface area contributed by atoms with E-state index in [9.17, 15) is 14.7 Å². The number of aromatic nitrogens is 1. The Balaban J connectivity index is 0.000000459. The molecule has 1 unspecified atom stereocenters. The number of carboxylic acids is 1. The van der Waals surface area contributed by atoms with Crippen molar-refractivity contribution in [3.63, 3.8) is 0 Å². The zero-order chi connectivity index (χ0) is 32.7. The molecule has 1 aliphatic carbocycles. The number of hydrogen-bond acceptors (Lipinski definition) is 6. The Bertz CT molecular complexity index is 1590. The molecule has 3 aromatic carbocycles. The fourth-order valence-corrected chi connectivity index (χ4v) is 6.48. The summed E-state index contributed by atoms with van der Waals surface area (Å²) in [7, 11) is 0. The summed E-state index contributed by atoms with van der Waals surface area (Å²) in [5.41, 5.74) is 11.8. The van der Waals surface area contributed by atoms with E-state index >= 15 is 0 Å². The molecule has 1 fully saturated rings. The van der Waals surface area contributed by atoms with Gasteiger partial charge in [0, 0.05) is 12.0 Å². The summed E-state index contributed by atoms with van der Waals surface area (Å²) in [6.45, 7) is 3.98. The fraction of sp³-hybridized carbons (Fsp3) is 0.308. The Kier molecular flexibility index (Phi) is 13.5. The number of nitrogens with zero attached hydrogens (tertiary/aromatic N) is 1. The average molecular weight is 637 g/mol. The quantitative estimate of drug-likeness (QED) is 0.0913. The molecule has 4 aromatic rings. The zero-order valence-corrected chi connectivity index (χ0v) is 27.5. The van der Waals surface area contributed by atoms with E-state index in [4.69, 9.17) is 15.5 Å². The number of aliphatic carboxylic acids is 1. The summed E-state index contributed by atoms with van der Waals surface area (Å²) in [6, 6.07) is 27.9. The second-order valence-corrected chi connectivity index (χ2v) is 12.8. The standard InChI is InChI=1S/C31H30N2O3S.C8H14O/c1-21(17-22(2)31(34)35)18-28-29(25-11-7-4-8-12-25)37-30(33-28)27(32)19-23-13-15-26(16-14-23)36-20-24-9-5-3-6-10-24;9-7-6-8-4-2-1-3-5-8/h3-18,27H,19-20,32H2,1-2H3,(H,34,35);7-8H,1-6H2/b21-18+,22-17-;. The van der Waals surface area contributed by atoms with E-state index in [0.29, 0.717) is 13.0 Å². The van der Waals surface area contributed by atoms with Crippen molar-refractivity contribution < 1.29 is 19.4 Å². The number of benzene rings is 3. The summed E-state index contributed by atoms with van der Waals surface area (Å²) >= 11 is 1.57. The van der Waals surface area contributed by atoms with Crippen LogP contribution in [0.25, 0.3) is 16.5 Å². The molecule has 7 heteroatoms. The van der Waals surface area contributed by atoms with E-state index in [1.807, 2.05) is 97.9 Å². The molecule has 3 N–H and O–H groups in total. The molecule has 0 amide bonds. The first-order valence-corrected chi connectivity index (χ1v) is 16.7. The van der Waals surface area contributed by atoms with Crippen LogP contribution in [0.2, 0.25) is 0 Å². The van der Waals surface area contributed by atoms with Gasteiger partial charge in [0.1, 0.15) is 23.7 Å². The van der Waals surface area contributed by atoms with E-state index < -0.39 is 5.97 Å². The first kappa shape index (κ1) is 34.5. The Morgan fingerprint density at radius 3 is 2.24 bits per heavy atom. The predicted octanol–water partition coefficient (Wildman–Crippen LogP) is 9.22. The number of allylic oxidation sites excluding steroid dienone is 2. The number of carbonyl (C=O) groups is 2. The van der Waals surface area contributed by atoms with Gasteiger partial charge in [-0.3, -0.25) is 0 Å². The van der Waals surface area contributed by atoms with Crippen LogP contribution in [0.1, 0.15) is 80.2 Å². The van der Waals surface area contributed by atoms with Gasteiger partial charge in [0.25, 0.3) is 0 Å². The van der Waals surface area contributed by atoms with Gasteiger partial charge in [0.2, 0.25) is 0 Å². The molecule has 0 aliphatic heterocycles. The van der Waals surface area contributed by atoms with Gasteiger partial charge in [-0.05, 0) is 72.7 Å². The van der Waals surface area contributed by atoms with Crippen molar-refractivity contribution in [2.24, 2.45) is 11.7 Å². The van der Waals surface area contributed by atoms with Crippen molar-refractivity contribution in [3.05, 3.63) is 124 Å². The highest BCUT2D eigenvalue weighted by Crippen LogP contribution is 2.35. The molecule has 0 saturated heterocycles. The Labute approximate surface area is 276 Å². The normalized spacial score (nSPS) is 14.6. The van der Waals surface area contributed by atoms with Crippen LogP contribution in [0.4, 0.5) is 0 Å². The largest absolute Gasteiger partial charge is 0.489 e. The second-order valence-electron chi connectivity index (χ2n) is 11.8. The van der Waals surface area contributed by atoms with Crippen LogP contribution in [-0.4, -0.2) is 22.3 Å². The van der Waals surface area contributed by atoms with E-state index in [0.717, 1.165) is 62.2 Å². The summed E-state index contributed by atoms with van der Waals surface area (Å²) < 4.78 is 5.89. The molecule has 1 heterocycles. The molecule has 240 valence electrons. The van der Waals surface area contributed by atoms with Crippen LogP contribution in [0, 0.1) is 5.92 Å². The number of hydrogen-bond donors (Lipinski definition) is 2. The maximum absolute atomic E-state index is 11.2. The SMILES string of the molecule is C/C(=C/C(C)=C/c1nc(C(N)Cc2ccc(OCc3ccccc3)cc2)sc1-c1ccccc1)C(=O)O.O=CCC1CCCCC1. The molecule has 1 saturated carbocycles. The molecular weight excluding hydrogens is 593 g/mol. The Morgan fingerprint density at radius 2 is 1.61 bits per heavy atom. The highest BCUT2D eigenvalue weighted by molar-refractivity contribution is 7.15. The molecule has 1 aromatic heterocycles. The summed E-state index contributed by atoms with van der Waals surface area (Å²) in [6.07, 6.45) is 12.7. The monoisotopic (exact) mass is 636 g/mol. The van der Waals surface area contributed by atoms with Gasteiger partial charge in [0.05, 0.1) is 16.6 Å². The third-order valence-corrected chi connectivity index (χ3v) is 9.20. The lowest BCUT2D eigenvalue weighted by atomic mass is 9.87. The lowest BCUT2D eigenvalue weighted by Gasteiger charge is -2.18. The number of aldehydes is 1. The van der Waals surface area contributed by atoms with Crippen LogP contribution in [0.15, 0.2) is 102 Å². The number of thiazole rings is 1. The van der Waals surface area contributed by atoms with Gasteiger partial charge in [-0.15, -0.1) is 11.3 Å². The van der Waals surface area contributed by atoms with Crippen LogP contribution in [0.5, 0.6) is 5.75 Å². The molecule has 0 radical (unpaired) electrons. The number of ether oxygens (including phenoxy) is 1. The molecule has 46 heavy (non-hydrogen) atoms. The van der Waals surface area contributed by atoms with Crippen molar-refractivity contribution in [2.45, 2.75) is 71.4 Å². The van der Waals surface area contributed by atoms with Gasteiger partial charge in [-0.2, -0.15) is 0 Å². The van der Waals surface area contributed by atoms with Crippen molar-refractivity contribution in [2.75, 3.05) is 0 Å². The Morgan fingerprint density at radius 1 is 0.957 bits per heavy atom. The van der Waals surface area contributed by atoms with Crippen molar-refractivity contribution in [3.8, 4) is 16.2 Å². The second kappa shape index (κ2) is 18.0. The molecule has 0 spiro atoms. The minimum absolute atomic E-state index is 0.276. The van der Waals surface area contributed by atoms with Crippen molar-refractivity contribution in [1.82, 2.24) is 4.98 Å². The maximum atomic E-state index is 11.2. The topological polar surface area (TPSA) is 103 Å². The molecule has 6 nitrogen and oxygen atoms in total. The Hall–Kier alpha value is -4.33. The fourth-order valence-electron chi connectivity index (χ4n) is 5.43. The van der Waals surface area contributed by atoms with E-state index in [-0.39, 0.29) is 11.6 Å². The van der Waals surface area contributed by atoms with Crippen LogP contribution in [-0.2, 0) is 22.6 Å². The van der Waals surface area contributed by atoms with Gasteiger partial charge in [0.15, 0.2) is 0 Å². The minimum atomic E-state index is -0.937. The molecule has 1 atom stereocenters.